The molecule has 0 radical (unpaired) electrons. The highest BCUT2D eigenvalue weighted by molar-refractivity contribution is 7.23. The lowest BCUT2D eigenvalue weighted by atomic mass is 10.2. The van der Waals surface area contributed by atoms with E-state index in [0.717, 1.165) is 39.0 Å². The predicted molar refractivity (Wildman–Crippen MR) is 132 cm³/mol. The van der Waals surface area contributed by atoms with Crippen LogP contribution in [0.2, 0.25) is 5.02 Å². The Morgan fingerprint density at radius 2 is 1.81 bits per heavy atom. The van der Waals surface area contributed by atoms with Gasteiger partial charge in [-0.05, 0) is 33.1 Å². The minimum atomic E-state index is -0.119. The molecule has 0 saturated heterocycles. The summed E-state index contributed by atoms with van der Waals surface area (Å²) >= 11 is 9.54. The number of fused-ring (bicyclic) bond motifs is 3. The zero-order chi connectivity index (χ0) is 22.2. The molecule has 0 bridgehead atoms. The van der Waals surface area contributed by atoms with Crippen LogP contribution in [-0.4, -0.2) is 56.2 Å². The lowest BCUT2D eigenvalue weighted by Gasteiger charge is -2.20. The number of amides is 1. The van der Waals surface area contributed by atoms with E-state index < -0.39 is 0 Å². The maximum Gasteiger partial charge on any atom is 0.271 e. The summed E-state index contributed by atoms with van der Waals surface area (Å²) in [5, 5.41) is 2.06. The van der Waals surface area contributed by atoms with E-state index in [1.807, 2.05) is 50.5 Å². The maximum atomic E-state index is 13.7. The van der Waals surface area contributed by atoms with Gasteiger partial charge in [-0.15, -0.1) is 11.3 Å². The van der Waals surface area contributed by atoms with E-state index in [-0.39, 0.29) is 5.91 Å². The average Bonchev–Trinajstić information content (AvgIpc) is 3.35. The van der Waals surface area contributed by atoms with Crippen molar-refractivity contribution < 1.29 is 14.3 Å². The molecular formula is C23H22ClN3O3S2. The quantitative estimate of drug-likeness (QED) is 0.357. The fourth-order valence-electron chi connectivity index (χ4n) is 3.67. The number of thiophene rings is 1. The van der Waals surface area contributed by atoms with Crippen molar-refractivity contribution in [3.8, 4) is 11.5 Å². The third-order valence-corrected chi connectivity index (χ3v) is 7.94. The molecule has 2 aromatic carbocycles. The molecule has 0 saturated carbocycles. The number of anilines is 1. The number of benzene rings is 2. The number of hydrogen-bond acceptors (Lipinski definition) is 7. The van der Waals surface area contributed by atoms with Crippen LogP contribution in [0.15, 0.2) is 36.4 Å². The molecule has 0 aliphatic carbocycles. The summed E-state index contributed by atoms with van der Waals surface area (Å²) in [6, 6.07) is 11.7. The highest BCUT2D eigenvalue weighted by Crippen LogP contribution is 2.41. The summed E-state index contributed by atoms with van der Waals surface area (Å²) in [5.74, 6) is 1.29. The summed E-state index contributed by atoms with van der Waals surface area (Å²) in [4.78, 5) is 22.9. The number of thiazole rings is 1. The number of ether oxygens (including phenoxy) is 2. The first kappa shape index (κ1) is 21.5. The van der Waals surface area contributed by atoms with Gasteiger partial charge in [-0.2, -0.15) is 0 Å². The Labute approximate surface area is 198 Å². The van der Waals surface area contributed by atoms with Gasteiger partial charge in [0.05, 0.1) is 15.2 Å². The van der Waals surface area contributed by atoms with Crippen LogP contribution in [0, 0.1) is 0 Å². The number of nitrogens with zero attached hydrogens (tertiary/aromatic N) is 3. The Kier molecular flexibility index (Phi) is 5.94. The number of carbonyl (C=O) groups is 1. The van der Waals surface area contributed by atoms with Gasteiger partial charge in [0, 0.05) is 28.8 Å². The number of rotatable bonds is 6. The second-order valence-corrected chi connectivity index (χ2v) is 10.3. The zero-order valence-corrected chi connectivity index (χ0v) is 20.1. The third-order valence-electron chi connectivity index (χ3n) is 5.23. The van der Waals surface area contributed by atoms with E-state index in [2.05, 4.69) is 4.90 Å². The summed E-state index contributed by atoms with van der Waals surface area (Å²) in [7, 11) is 4.05. The van der Waals surface area contributed by atoms with E-state index in [4.69, 9.17) is 26.1 Å². The van der Waals surface area contributed by atoms with Gasteiger partial charge in [0.1, 0.15) is 18.1 Å². The van der Waals surface area contributed by atoms with Crippen LogP contribution >= 0.6 is 34.3 Å². The molecule has 3 heterocycles. The van der Waals surface area contributed by atoms with E-state index in [1.165, 1.54) is 22.7 Å². The number of hydrogen-bond donors (Lipinski definition) is 0. The van der Waals surface area contributed by atoms with Gasteiger partial charge in [0.2, 0.25) is 0 Å². The van der Waals surface area contributed by atoms with Crippen molar-refractivity contribution in [3.63, 3.8) is 0 Å². The Balaban J connectivity index is 1.54. The SMILES string of the molecule is CN(C)CCCN(C(=O)c1sc2ccccc2c1Cl)c1nc2cc3c(cc2s1)OCCO3. The Morgan fingerprint density at radius 1 is 1.06 bits per heavy atom. The second kappa shape index (κ2) is 8.86. The highest BCUT2D eigenvalue weighted by atomic mass is 35.5. The Morgan fingerprint density at radius 3 is 2.56 bits per heavy atom. The molecule has 9 heteroatoms. The largest absolute Gasteiger partial charge is 0.486 e. The van der Waals surface area contributed by atoms with Crippen molar-refractivity contribution in [3.05, 3.63) is 46.3 Å². The van der Waals surface area contributed by atoms with E-state index in [9.17, 15) is 4.79 Å². The minimum Gasteiger partial charge on any atom is -0.486 e. The molecule has 1 aliphatic rings. The van der Waals surface area contributed by atoms with Crippen molar-refractivity contribution in [2.24, 2.45) is 0 Å². The minimum absolute atomic E-state index is 0.119. The average molecular weight is 488 g/mol. The van der Waals surface area contributed by atoms with Gasteiger partial charge < -0.3 is 14.4 Å². The molecule has 0 spiro atoms. The van der Waals surface area contributed by atoms with Crippen LogP contribution in [0.25, 0.3) is 20.3 Å². The van der Waals surface area contributed by atoms with Crippen molar-refractivity contribution >= 4 is 65.6 Å². The molecule has 4 aromatic rings. The molecule has 0 unspecified atom stereocenters. The monoisotopic (exact) mass is 487 g/mol. The second-order valence-electron chi connectivity index (χ2n) is 7.81. The lowest BCUT2D eigenvalue weighted by Crippen LogP contribution is -2.33. The molecule has 5 rings (SSSR count). The van der Waals surface area contributed by atoms with Gasteiger partial charge >= 0.3 is 0 Å². The maximum absolute atomic E-state index is 13.7. The summed E-state index contributed by atoms with van der Waals surface area (Å²) in [5.41, 5.74) is 0.794. The van der Waals surface area contributed by atoms with E-state index >= 15 is 0 Å². The molecular weight excluding hydrogens is 466 g/mol. The van der Waals surface area contributed by atoms with Gasteiger partial charge in [0.25, 0.3) is 5.91 Å². The van der Waals surface area contributed by atoms with Gasteiger partial charge in [0.15, 0.2) is 16.6 Å². The van der Waals surface area contributed by atoms with Crippen molar-refractivity contribution in [1.29, 1.82) is 0 Å². The molecule has 0 fully saturated rings. The first-order valence-electron chi connectivity index (χ1n) is 10.3. The Hall–Kier alpha value is -2.39. The van der Waals surface area contributed by atoms with Crippen LogP contribution in [0.1, 0.15) is 16.1 Å². The van der Waals surface area contributed by atoms with Crippen molar-refractivity contribution in [1.82, 2.24) is 9.88 Å². The molecule has 166 valence electrons. The summed E-state index contributed by atoms with van der Waals surface area (Å²) < 4.78 is 13.4. The fraction of sp³-hybridized carbons (Fsp3) is 0.304. The van der Waals surface area contributed by atoms with Crippen LogP contribution in [0.4, 0.5) is 5.13 Å². The van der Waals surface area contributed by atoms with E-state index in [1.54, 1.807) is 4.90 Å². The topological polar surface area (TPSA) is 54.9 Å². The standard InChI is InChI=1S/C23H22ClN3O3S2/c1-26(2)8-5-9-27(22(28)21-20(24)14-6-3-4-7-18(14)31-21)23-25-15-12-16-17(13-19(15)32-23)30-11-10-29-16/h3-4,6-7,12-13H,5,8-11H2,1-2H3. The molecule has 2 aromatic heterocycles. The third kappa shape index (κ3) is 4.03. The normalized spacial score (nSPS) is 13.2. The van der Waals surface area contributed by atoms with Crippen molar-refractivity contribution in [2.75, 3.05) is 45.3 Å². The molecule has 0 N–H and O–H groups in total. The fourth-order valence-corrected chi connectivity index (χ4v) is 6.13. The van der Waals surface area contributed by atoms with Gasteiger partial charge in [-0.1, -0.05) is 41.1 Å². The lowest BCUT2D eigenvalue weighted by molar-refractivity contribution is 0.0990. The first-order valence-corrected chi connectivity index (χ1v) is 12.4. The molecule has 1 aliphatic heterocycles. The van der Waals surface area contributed by atoms with Crippen LogP contribution < -0.4 is 14.4 Å². The summed E-state index contributed by atoms with van der Waals surface area (Å²) in [6.07, 6.45) is 0.819. The highest BCUT2D eigenvalue weighted by Gasteiger charge is 2.26. The Bertz CT molecular complexity index is 1260. The molecule has 0 atom stereocenters. The summed E-state index contributed by atoms with van der Waals surface area (Å²) in [6.45, 7) is 2.47. The predicted octanol–water partition coefficient (Wildman–Crippen LogP) is 5.53. The number of carbonyl (C=O) groups excluding carboxylic acids is 1. The van der Waals surface area contributed by atoms with Crippen LogP contribution in [-0.2, 0) is 0 Å². The first-order chi connectivity index (χ1) is 15.5. The number of halogens is 1. The van der Waals surface area contributed by atoms with Crippen LogP contribution in [0.3, 0.4) is 0 Å². The molecule has 6 nitrogen and oxygen atoms in total. The molecule has 1 amide bonds. The molecule has 32 heavy (non-hydrogen) atoms. The zero-order valence-electron chi connectivity index (χ0n) is 17.8. The number of aromatic nitrogens is 1. The van der Waals surface area contributed by atoms with Crippen LogP contribution in [0.5, 0.6) is 11.5 Å². The van der Waals surface area contributed by atoms with Crippen molar-refractivity contribution in [2.45, 2.75) is 6.42 Å². The van der Waals surface area contributed by atoms with Gasteiger partial charge in [-0.25, -0.2) is 4.98 Å². The van der Waals surface area contributed by atoms with Gasteiger partial charge in [-0.3, -0.25) is 9.69 Å². The van der Waals surface area contributed by atoms with E-state index in [0.29, 0.717) is 40.5 Å². The smallest absolute Gasteiger partial charge is 0.271 e.